The first-order chi connectivity index (χ1) is 7.75. The number of nitrogens with zero attached hydrogens (tertiary/aromatic N) is 1. The van der Waals surface area contributed by atoms with Crippen molar-refractivity contribution in [2.24, 2.45) is 11.7 Å². The molecule has 2 atom stereocenters. The van der Waals surface area contributed by atoms with Gasteiger partial charge in [0.15, 0.2) is 0 Å². The zero-order valence-electron chi connectivity index (χ0n) is 10.1. The van der Waals surface area contributed by atoms with E-state index in [2.05, 4.69) is 29.3 Å². The van der Waals surface area contributed by atoms with E-state index in [1.807, 2.05) is 0 Å². The largest absolute Gasteiger partial charge is 0.322 e. The highest BCUT2D eigenvalue weighted by molar-refractivity contribution is 7.10. The molecule has 1 aromatic heterocycles. The van der Waals surface area contributed by atoms with Crippen LogP contribution in [-0.2, 0) is 0 Å². The predicted octanol–water partition coefficient (Wildman–Crippen LogP) is 2.87. The molecule has 0 amide bonds. The molecule has 2 rings (SSSR count). The van der Waals surface area contributed by atoms with Crippen LogP contribution in [0.3, 0.4) is 0 Å². The number of likely N-dealkylation sites (tertiary alicyclic amines) is 1. The smallest absolute Gasteiger partial charge is 0.0519 e. The van der Waals surface area contributed by atoms with E-state index in [0.29, 0.717) is 0 Å². The second kappa shape index (κ2) is 5.80. The molecular weight excluding hydrogens is 216 g/mol. The van der Waals surface area contributed by atoms with Gasteiger partial charge in [-0.05, 0) is 49.7 Å². The van der Waals surface area contributed by atoms with Crippen molar-refractivity contribution in [2.75, 3.05) is 19.6 Å². The lowest BCUT2D eigenvalue weighted by atomic mass is 10.0. The van der Waals surface area contributed by atoms with Crippen LogP contribution in [0.1, 0.15) is 37.1 Å². The Kier molecular flexibility index (Phi) is 4.38. The van der Waals surface area contributed by atoms with Gasteiger partial charge >= 0.3 is 0 Å². The Morgan fingerprint density at radius 2 is 2.38 bits per heavy atom. The lowest BCUT2D eigenvalue weighted by Crippen LogP contribution is -2.32. The maximum atomic E-state index is 6.22. The standard InChI is InChI=1S/C13H22N2S/c1-11-4-2-7-15(8-6-11)10-12(14)13-5-3-9-16-13/h3,5,9,11-12H,2,4,6-8,10,14H2,1H3. The van der Waals surface area contributed by atoms with Crippen molar-refractivity contribution in [3.63, 3.8) is 0 Å². The summed E-state index contributed by atoms with van der Waals surface area (Å²) in [5.74, 6) is 0.892. The van der Waals surface area contributed by atoms with E-state index in [9.17, 15) is 0 Å². The molecule has 1 aliphatic heterocycles. The van der Waals surface area contributed by atoms with Gasteiger partial charge in [0, 0.05) is 11.4 Å². The fourth-order valence-corrected chi connectivity index (χ4v) is 3.10. The molecule has 0 aliphatic carbocycles. The van der Waals surface area contributed by atoms with Crippen LogP contribution in [0.5, 0.6) is 0 Å². The molecule has 16 heavy (non-hydrogen) atoms. The normalized spacial score (nSPS) is 25.2. The molecule has 0 radical (unpaired) electrons. The van der Waals surface area contributed by atoms with E-state index in [1.54, 1.807) is 11.3 Å². The van der Waals surface area contributed by atoms with Crippen LogP contribution in [0.2, 0.25) is 0 Å². The molecule has 0 bridgehead atoms. The summed E-state index contributed by atoms with van der Waals surface area (Å²) in [4.78, 5) is 3.85. The summed E-state index contributed by atoms with van der Waals surface area (Å²) in [6.07, 6.45) is 4.04. The fourth-order valence-electron chi connectivity index (χ4n) is 2.38. The van der Waals surface area contributed by atoms with Gasteiger partial charge in [0.05, 0.1) is 6.04 Å². The third-order valence-corrected chi connectivity index (χ3v) is 4.48. The zero-order valence-corrected chi connectivity index (χ0v) is 10.9. The summed E-state index contributed by atoms with van der Waals surface area (Å²) in [6.45, 7) is 5.83. The van der Waals surface area contributed by atoms with Crippen molar-refractivity contribution in [3.8, 4) is 0 Å². The van der Waals surface area contributed by atoms with Crippen LogP contribution >= 0.6 is 11.3 Å². The number of thiophene rings is 1. The van der Waals surface area contributed by atoms with E-state index in [-0.39, 0.29) is 6.04 Å². The van der Waals surface area contributed by atoms with Crippen LogP contribution < -0.4 is 5.73 Å². The Hall–Kier alpha value is -0.380. The van der Waals surface area contributed by atoms with Gasteiger partial charge in [0.2, 0.25) is 0 Å². The molecule has 2 unspecified atom stereocenters. The van der Waals surface area contributed by atoms with Gasteiger partial charge in [0.25, 0.3) is 0 Å². The van der Waals surface area contributed by atoms with Crippen molar-refractivity contribution >= 4 is 11.3 Å². The van der Waals surface area contributed by atoms with Crippen LogP contribution in [-0.4, -0.2) is 24.5 Å². The first-order valence-corrected chi connectivity index (χ1v) is 7.15. The van der Waals surface area contributed by atoms with E-state index >= 15 is 0 Å². The fraction of sp³-hybridized carbons (Fsp3) is 0.692. The maximum absolute atomic E-state index is 6.22. The van der Waals surface area contributed by atoms with Gasteiger partial charge in [-0.1, -0.05) is 13.0 Å². The second-order valence-corrected chi connectivity index (χ2v) is 5.94. The number of hydrogen-bond acceptors (Lipinski definition) is 3. The molecule has 1 saturated heterocycles. The van der Waals surface area contributed by atoms with E-state index in [1.165, 1.54) is 37.2 Å². The molecule has 0 spiro atoms. The summed E-state index contributed by atoms with van der Waals surface area (Å²) in [7, 11) is 0. The minimum atomic E-state index is 0.202. The molecule has 0 aromatic carbocycles. The lowest BCUT2D eigenvalue weighted by molar-refractivity contribution is 0.266. The van der Waals surface area contributed by atoms with Crippen molar-refractivity contribution in [1.82, 2.24) is 4.90 Å². The molecule has 1 aliphatic rings. The third-order valence-electron chi connectivity index (χ3n) is 3.47. The van der Waals surface area contributed by atoms with Crippen LogP contribution in [0.4, 0.5) is 0 Å². The van der Waals surface area contributed by atoms with Crippen LogP contribution in [0.15, 0.2) is 17.5 Å². The number of nitrogens with two attached hydrogens (primary N) is 1. The van der Waals surface area contributed by atoms with Gasteiger partial charge in [-0.25, -0.2) is 0 Å². The Bertz CT molecular complexity index is 297. The molecule has 1 fully saturated rings. The molecule has 0 saturated carbocycles. The molecule has 3 heteroatoms. The highest BCUT2D eigenvalue weighted by Gasteiger charge is 2.17. The quantitative estimate of drug-likeness (QED) is 0.877. The average molecular weight is 238 g/mol. The van der Waals surface area contributed by atoms with Gasteiger partial charge in [0.1, 0.15) is 0 Å². The Morgan fingerprint density at radius 1 is 1.50 bits per heavy atom. The lowest BCUT2D eigenvalue weighted by Gasteiger charge is -2.23. The number of hydrogen-bond donors (Lipinski definition) is 1. The van der Waals surface area contributed by atoms with E-state index in [0.717, 1.165) is 12.5 Å². The number of rotatable bonds is 3. The highest BCUT2D eigenvalue weighted by Crippen LogP contribution is 2.21. The van der Waals surface area contributed by atoms with E-state index < -0.39 is 0 Å². The van der Waals surface area contributed by atoms with Gasteiger partial charge < -0.3 is 10.6 Å². The molecule has 2 N–H and O–H groups in total. The Morgan fingerprint density at radius 3 is 3.12 bits per heavy atom. The maximum Gasteiger partial charge on any atom is 0.0519 e. The summed E-state index contributed by atoms with van der Waals surface area (Å²) in [5, 5.41) is 2.11. The molecule has 2 heterocycles. The monoisotopic (exact) mass is 238 g/mol. The molecule has 90 valence electrons. The summed E-state index contributed by atoms with van der Waals surface area (Å²) in [6, 6.07) is 4.44. The van der Waals surface area contributed by atoms with Gasteiger partial charge in [-0.2, -0.15) is 0 Å². The van der Waals surface area contributed by atoms with Crippen molar-refractivity contribution in [1.29, 1.82) is 0 Å². The first kappa shape index (κ1) is 12.1. The SMILES string of the molecule is CC1CCCN(CC(N)c2cccs2)CC1. The van der Waals surface area contributed by atoms with Crippen molar-refractivity contribution < 1.29 is 0 Å². The van der Waals surface area contributed by atoms with Gasteiger partial charge in [-0.3, -0.25) is 0 Å². The Labute approximate surface area is 102 Å². The summed E-state index contributed by atoms with van der Waals surface area (Å²) < 4.78 is 0. The predicted molar refractivity (Wildman–Crippen MR) is 70.7 cm³/mol. The first-order valence-electron chi connectivity index (χ1n) is 6.27. The topological polar surface area (TPSA) is 29.3 Å². The minimum absolute atomic E-state index is 0.202. The van der Waals surface area contributed by atoms with E-state index in [4.69, 9.17) is 5.73 Å². The van der Waals surface area contributed by atoms with Crippen LogP contribution in [0.25, 0.3) is 0 Å². The summed E-state index contributed by atoms with van der Waals surface area (Å²) >= 11 is 1.77. The van der Waals surface area contributed by atoms with Crippen molar-refractivity contribution in [2.45, 2.75) is 32.2 Å². The van der Waals surface area contributed by atoms with Crippen molar-refractivity contribution in [3.05, 3.63) is 22.4 Å². The molecule has 1 aromatic rings. The highest BCUT2D eigenvalue weighted by atomic mass is 32.1. The molecule has 2 nitrogen and oxygen atoms in total. The second-order valence-electron chi connectivity index (χ2n) is 4.96. The summed E-state index contributed by atoms with van der Waals surface area (Å²) in [5.41, 5.74) is 6.22. The average Bonchev–Trinajstić information content (AvgIpc) is 2.72. The third kappa shape index (κ3) is 3.30. The minimum Gasteiger partial charge on any atom is -0.322 e. The van der Waals surface area contributed by atoms with Crippen LogP contribution in [0, 0.1) is 5.92 Å². The van der Waals surface area contributed by atoms with Gasteiger partial charge in [-0.15, -0.1) is 11.3 Å². The zero-order chi connectivity index (χ0) is 11.4. The Balaban J connectivity index is 1.84. The molecular formula is C13H22N2S.